The number of aromatic nitrogens is 6. The van der Waals surface area contributed by atoms with Gasteiger partial charge in [-0.3, -0.25) is 14.8 Å². The summed E-state index contributed by atoms with van der Waals surface area (Å²) < 4.78 is 0. The predicted molar refractivity (Wildman–Crippen MR) is 127 cm³/mol. The molecule has 33 heavy (non-hydrogen) atoms. The Kier molecular flexibility index (Phi) is 4.83. The van der Waals surface area contributed by atoms with Crippen LogP contribution in [0.2, 0.25) is 0 Å². The summed E-state index contributed by atoms with van der Waals surface area (Å²) in [5.41, 5.74) is 6.68. The molecule has 1 aliphatic carbocycles. The highest BCUT2D eigenvalue weighted by molar-refractivity contribution is 5.95. The lowest BCUT2D eigenvalue weighted by atomic mass is 9.88. The van der Waals surface area contributed by atoms with E-state index in [1.165, 1.54) is 6.42 Å². The summed E-state index contributed by atoms with van der Waals surface area (Å²) in [5, 5.41) is 3.05. The quantitative estimate of drug-likeness (QED) is 0.363. The van der Waals surface area contributed by atoms with Crippen molar-refractivity contribution in [2.45, 2.75) is 32.1 Å². The number of imidazole rings is 1. The van der Waals surface area contributed by atoms with Crippen LogP contribution in [0.25, 0.3) is 44.7 Å². The topological polar surface area (TPSA) is 112 Å². The summed E-state index contributed by atoms with van der Waals surface area (Å²) in [6.07, 6.45) is 14.2. The van der Waals surface area contributed by atoms with Crippen LogP contribution in [0.5, 0.6) is 0 Å². The first-order valence-corrected chi connectivity index (χ1v) is 11.3. The van der Waals surface area contributed by atoms with E-state index in [9.17, 15) is 4.79 Å². The molecule has 0 saturated heterocycles. The minimum atomic E-state index is 0.0874. The van der Waals surface area contributed by atoms with Crippen LogP contribution in [0.3, 0.4) is 0 Å². The second-order valence-electron chi connectivity index (χ2n) is 8.56. The second-order valence-corrected chi connectivity index (χ2v) is 8.56. The number of nitrogens with zero attached hydrogens (tertiary/aromatic N) is 4. The molecular formula is C25H23N7O. The van der Waals surface area contributed by atoms with Gasteiger partial charge in [-0.1, -0.05) is 19.3 Å². The van der Waals surface area contributed by atoms with Gasteiger partial charge in [0.25, 0.3) is 0 Å². The summed E-state index contributed by atoms with van der Waals surface area (Å²) >= 11 is 0. The van der Waals surface area contributed by atoms with E-state index < -0.39 is 0 Å². The number of H-pyrrole nitrogens is 2. The highest BCUT2D eigenvalue weighted by atomic mass is 16.1. The molecule has 0 atom stereocenters. The summed E-state index contributed by atoms with van der Waals surface area (Å²) in [6.45, 7) is 0. The van der Waals surface area contributed by atoms with Crippen LogP contribution in [0.4, 0.5) is 5.69 Å². The van der Waals surface area contributed by atoms with Crippen molar-refractivity contribution >= 4 is 33.7 Å². The van der Waals surface area contributed by atoms with Crippen LogP contribution in [0, 0.1) is 5.92 Å². The van der Waals surface area contributed by atoms with Gasteiger partial charge in [0, 0.05) is 30.1 Å². The first-order valence-electron chi connectivity index (χ1n) is 11.3. The van der Waals surface area contributed by atoms with Gasteiger partial charge in [0.2, 0.25) is 5.91 Å². The fraction of sp³-hybridized carbons (Fsp3) is 0.240. The molecule has 5 heterocycles. The van der Waals surface area contributed by atoms with Gasteiger partial charge in [-0.25, -0.2) is 9.97 Å². The van der Waals surface area contributed by atoms with Crippen molar-refractivity contribution in [3.05, 3.63) is 55.2 Å². The van der Waals surface area contributed by atoms with Crippen molar-refractivity contribution < 1.29 is 4.79 Å². The van der Waals surface area contributed by atoms with E-state index in [4.69, 9.17) is 4.98 Å². The third kappa shape index (κ3) is 3.73. The molecule has 0 radical (unpaired) electrons. The number of anilines is 1. The van der Waals surface area contributed by atoms with Crippen molar-refractivity contribution in [1.82, 2.24) is 29.9 Å². The van der Waals surface area contributed by atoms with E-state index in [1.54, 1.807) is 24.8 Å². The van der Waals surface area contributed by atoms with E-state index in [-0.39, 0.29) is 11.8 Å². The Morgan fingerprint density at radius 2 is 1.88 bits per heavy atom. The number of rotatable bonds is 4. The largest absolute Gasteiger partial charge is 0.359 e. The van der Waals surface area contributed by atoms with Crippen LogP contribution in [0.15, 0.2) is 55.2 Å². The number of fused-ring (bicyclic) bond motifs is 2. The molecule has 1 amide bonds. The number of aromatic amines is 2. The minimum Gasteiger partial charge on any atom is -0.359 e. The second kappa shape index (κ2) is 8.12. The van der Waals surface area contributed by atoms with Crippen molar-refractivity contribution in [1.29, 1.82) is 0 Å². The van der Waals surface area contributed by atoms with Gasteiger partial charge >= 0.3 is 0 Å². The highest BCUT2D eigenvalue weighted by Gasteiger charge is 2.21. The van der Waals surface area contributed by atoms with Gasteiger partial charge in [0.15, 0.2) is 0 Å². The maximum Gasteiger partial charge on any atom is 0.227 e. The summed E-state index contributed by atoms with van der Waals surface area (Å²) in [5.74, 6) is 0.920. The molecule has 3 N–H and O–H groups in total. The molecule has 6 rings (SSSR count). The molecule has 0 aromatic carbocycles. The first kappa shape index (κ1) is 19.6. The molecule has 0 aliphatic heterocycles. The van der Waals surface area contributed by atoms with Crippen LogP contribution in [-0.4, -0.2) is 35.8 Å². The minimum absolute atomic E-state index is 0.0874. The molecule has 8 heteroatoms. The van der Waals surface area contributed by atoms with Crippen LogP contribution in [0.1, 0.15) is 32.1 Å². The Balaban J connectivity index is 1.32. The zero-order chi connectivity index (χ0) is 22.2. The van der Waals surface area contributed by atoms with E-state index in [2.05, 4.69) is 30.2 Å². The average Bonchev–Trinajstić information content (AvgIpc) is 3.48. The maximum absolute atomic E-state index is 12.7. The third-order valence-electron chi connectivity index (χ3n) is 6.34. The molecule has 0 bridgehead atoms. The highest BCUT2D eigenvalue weighted by Crippen LogP contribution is 2.30. The van der Waals surface area contributed by atoms with Crippen LogP contribution >= 0.6 is 0 Å². The number of hydrogen-bond acceptors (Lipinski definition) is 5. The number of carbonyl (C=O) groups excluding carboxylic acids is 1. The van der Waals surface area contributed by atoms with Crippen molar-refractivity contribution in [3.63, 3.8) is 0 Å². The Labute approximate surface area is 189 Å². The number of pyridine rings is 3. The van der Waals surface area contributed by atoms with E-state index in [0.717, 1.165) is 70.4 Å². The molecule has 5 aromatic rings. The number of carbonyl (C=O) groups is 1. The zero-order valence-electron chi connectivity index (χ0n) is 18.0. The lowest BCUT2D eigenvalue weighted by molar-refractivity contribution is -0.120. The Morgan fingerprint density at radius 3 is 2.76 bits per heavy atom. The standard InChI is InChI=1S/C25H23N7O/c33-25(15-4-2-1-3-5-15)29-17-10-16(11-27-12-17)19-6-7-21-23(30-19)18(13-28-21)24-31-20-8-9-26-14-22(20)32-24/h6-15,28H,1-5H2,(H,29,33)(H,31,32). The lowest BCUT2D eigenvalue weighted by Crippen LogP contribution is -2.24. The van der Waals surface area contributed by atoms with Crippen molar-refractivity contribution in [2.75, 3.05) is 5.32 Å². The normalized spacial score (nSPS) is 14.7. The van der Waals surface area contributed by atoms with E-state index in [1.807, 2.05) is 30.5 Å². The Hall–Kier alpha value is -4.07. The lowest BCUT2D eigenvalue weighted by Gasteiger charge is -2.20. The van der Waals surface area contributed by atoms with Crippen molar-refractivity contribution in [2.24, 2.45) is 5.92 Å². The number of hydrogen-bond donors (Lipinski definition) is 3. The molecule has 1 fully saturated rings. The summed E-state index contributed by atoms with van der Waals surface area (Å²) in [7, 11) is 0. The average molecular weight is 438 g/mol. The SMILES string of the molecule is O=C(Nc1cncc(-c2ccc3[nH]cc(-c4nc5cnccc5[nH]4)c3n2)c1)C1CCCCC1. The van der Waals surface area contributed by atoms with Crippen LogP contribution in [-0.2, 0) is 4.79 Å². The Morgan fingerprint density at radius 1 is 0.970 bits per heavy atom. The maximum atomic E-state index is 12.7. The smallest absolute Gasteiger partial charge is 0.227 e. The molecule has 1 aliphatic rings. The van der Waals surface area contributed by atoms with Gasteiger partial charge in [-0.05, 0) is 37.1 Å². The van der Waals surface area contributed by atoms with E-state index >= 15 is 0 Å². The predicted octanol–water partition coefficient (Wildman–Crippen LogP) is 5.08. The van der Waals surface area contributed by atoms with Gasteiger partial charge < -0.3 is 15.3 Å². The molecule has 1 saturated carbocycles. The molecule has 8 nitrogen and oxygen atoms in total. The van der Waals surface area contributed by atoms with Gasteiger partial charge in [0.1, 0.15) is 11.3 Å². The molecule has 164 valence electrons. The van der Waals surface area contributed by atoms with Crippen molar-refractivity contribution in [3.8, 4) is 22.6 Å². The fourth-order valence-corrected chi connectivity index (χ4v) is 4.58. The molecule has 5 aromatic heterocycles. The first-order chi connectivity index (χ1) is 16.2. The summed E-state index contributed by atoms with van der Waals surface area (Å²) in [6, 6.07) is 7.78. The molecule has 0 unspecified atom stereocenters. The number of amides is 1. The fourth-order valence-electron chi connectivity index (χ4n) is 4.58. The Bertz CT molecular complexity index is 1430. The third-order valence-corrected chi connectivity index (χ3v) is 6.34. The van der Waals surface area contributed by atoms with Crippen LogP contribution < -0.4 is 5.32 Å². The monoisotopic (exact) mass is 437 g/mol. The van der Waals surface area contributed by atoms with Gasteiger partial charge in [0.05, 0.1) is 45.9 Å². The van der Waals surface area contributed by atoms with Gasteiger partial charge in [-0.2, -0.15) is 0 Å². The summed E-state index contributed by atoms with van der Waals surface area (Å²) in [4.78, 5) is 37.3. The number of nitrogens with one attached hydrogen (secondary N) is 3. The molecular weight excluding hydrogens is 414 g/mol. The zero-order valence-corrected chi connectivity index (χ0v) is 18.0. The molecule has 0 spiro atoms. The van der Waals surface area contributed by atoms with E-state index in [0.29, 0.717) is 5.69 Å². The van der Waals surface area contributed by atoms with Gasteiger partial charge in [-0.15, -0.1) is 0 Å².